The number of benzene rings is 1. The summed E-state index contributed by atoms with van der Waals surface area (Å²) in [5.74, 6) is 0.751. The average Bonchev–Trinajstić information content (AvgIpc) is 2.48. The summed E-state index contributed by atoms with van der Waals surface area (Å²) in [7, 11) is 0. The SMILES string of the molecule is Cc1cccc(OCCC(=O)NC(C)c2ccccn2)c1. The summed E-state index contributed by atoms with van der Waals surface area (Å²) >= 11 is 0. The molecule has 2 aromatic rings. The minimum atomic E-state index is -0.0994. The Morgan fingerprint density at radius 2 is 2.14 bits per heavy atom. The number of carbonyl (C=O) groups excluding carboxylic acids is 1. The number of rotatable bonds is 6. The molecule has 1 heterocycles. The normalized spacial score (nSPS) is 11.7. The predicted molar refractivity (Wildman–Crippen MR) is 82.1 cm³/mol. The first kappa shape index (κ1) is 15.0. The Balaban J connectivity index is 1.75. The van der Waals surface area contributed by atoms with Crippen molar-refractivity contribution >= 4 is 5.91 Å². The van der Waals surface area contributed by atoms with Crippen LogP contribution in [0.25, 0.3) is 0 Å². The Hall–Kier alpha value is -2.36. The van der Waals surface area contributed by atoms with E-state index in [0.717, 1.165) is 17.0 Å². The van der Waals surface area contributed by atoms with Gasteiger partial charge in [0.2, 0.25) is 5.91 Å². The molecule has 1 aromatic heterocycles. The lowest BCUT2D eigenvalue weighted by molar-refractivity contribution is -0.122. The van der Waals surface area contributed by atoms with E-state index in [4.69, 9.17) is 4.74 Å². The van der Waals surface area contributed by atoms with Gasteiger partial charge in [-0.05, 0) is 43.7 Å². The summed E-state index contributed by atoms with van der Waals surface area (Å²) in [5, 5.41) is 2.91. The van der Waals surface area contributed by atoms with Crippen molar-refractivity contribution in [2.24, 2.45) is 0 Å². The molecule has 1 unspecified atom stereocenters. The molecule has 4 nitrogen and oxygen atoms in total. The van der Waals surface area contributed by atoms with Gasteiger partial charge in [-0.2, -0.15) is 0 Å². The molecule has 0 saturated carbocycles. The van der Waals surface area contributed by atoms with E-state index in [-0.39, 0.29) is 11.9 Å². The quantitative estimate of drug-likeness (QED) is 0.887. The van der Waals surface area contributed by atoms with E-state index in [2.05, 4.69) is 10.3 Å². The lowest BCUT2D eigenvalue weighted by Crippen LogP contribution is -2.28. The maximum atomic E-state index is 11.9. The smallest absolute Gasteiger partial charge is 0.223 e. The lowest BCUT2D eigenvalue weighted by Gasteiger charge is -2.13. The molecule has 0 bridgehead atoms. The van der Waals surface area contributed by atoms with Gasteiger partial charge in [0.25, 0.3) is 0 Å². The van der Waals surface area contributed by atoms with Crippen LogP contribution in [-0.2, 0) is 4.79 Å². The lowest BCUT2D eigenvalue weighted by atomic mass is 10.2. The topological polar surface area (TPSA) is 51.2 Å². The van der Waals surface area contributed by atoms with Crippen molar-refractivity contribution in [3.05, 3.63) is 59.9 Å². The predicted octanol–water partition coefficient (Wildman–Crippen LogP) is 3.04. The van der Waals surface area contributed by atoms with Crippen LogP contribution in [0.2, 0.25) is 0 Å². The number of aryl methyl sites for hydroxylation is 1. The third-order valence-corrected chi connectivity index (χ3v) is 3.10. The third-order valence-electron chi connectivity index (χ3n) is 3.10. The minimum Gasteiger partial charge on any atom is -0.493 e. The zero-order valence-corrected chi connectivity index (χ0v) is 12.4. The second kappa shape index (κ2) is 7.43. The molecular weight excluding hydrogens is 264 g/mol. The van der Waals surface area contributed by atoms with Crippen molar-refractivity contribution < 1.29 is 9.53 Å². The fraction of sp³-hybridized carbons (Fsp3) is 0.294. The van der Waals surface area contributed by atoms with Gasteiger partial charge in [0, 0.05) is 6.20 Å². The number of carbonyl (C=O) groups is 1. The highest BCUT2D eigenvalue weighted by atomic mass is 16.5. The van der Waals surface area contributed by atoms with E-state index in [9.17, 15) is 4.79 Å². The number of ether oxygens (including phenoxy) is 1. The first-order valence-corrected chi connectivity index (χ1v) is 7.05. The molecule has 110 valence electrons. The zero-order chi connectivity index (χ0) is 15.1. The number of amides is 1. The first-order chi connectivity index (χ1) is 10.1. The highest BCUT2D eigenvalue weighted by Gasteiger charge is 2.10. The number of nitrogens with zero attached hydrogens (tertiary/aromatic N) is 1. The molecule has 0 spiro atoms. The summed E-state index contributed by atoms with van der Waals surface area (Å²) in [6.45, 7) is 4.29. The van der Waals surface area contributed by atoms with Crippen LogP contribution in [0.15, 0.2) is 48.7 Å². The minimum absolute atomic E-state index is 0.0409. The second-order valence-electron chi connectivity index (χ2n) is 4.96. The van der Waals surface area contributed by atoms with Gasteiger partial charge in [-0.3, -0.25) is 9.78 Å². The van der Waals surface area contributed by atoms with Crippen LogP contribution in [-0.4, -0.2) is 17.5 Å². The molecule has 1 atom stereocenters. The van der Waals surface area contributed by atoms with Gasteiger partial charge in [0.15, 0.2) is 0 Å². The molecule has 1 amide bonds. The van der Waals surface area contributed by atoms with Gasteiger partial charge in [-0.1, -0.05) is 18.2 Å². The molecule has 4 heteroatoms. The van der Waals surface area contributed by atoms with Crippen molar-refractivity contribution in [3.8, 4) is 5.75 Å². The molecule has 21 heavy (non-hydrogen) atoms. The molecule has 1 aromatic carbocycles. The van der Waals surface area contributed by atoms with Gasteiger partial charge in [-0.15, -0.1) is 0 Å². The molecule has 2 rings (SSSR count). The van der Waals surface area contributed by atoms with E-state index in [1.54, 1.807) is 6.20 Å². The molecule has 0 saturated heterocycles. The fourth-order valence-electron chi connectivity index (χ4n) is 1.99. The molecule has 0 aliphatic rings. The van der Waals surface area contributed by atoms with Crippen molar-refractivity contribution in [3.63, 3.8) is 0 Å². The van der Waals surface area contributed by atoms with E-state index in [1.807, 2.05) is 56.3 Å². The van der Waals surface area contributed by atoms with Crippen LogP contribution in [0.3, 0.4) is 0 Å². The number of hydrogen-bond acceptors (Lipinski definition) is 3. The molecule has 0 fully saturated rings. The summed E-state index contributed by atoms with van der Waals surface area (Å²) in [4.78, 5) is 16.1. The van der Waals surface area contributed by atoms with Gasteiger partial charge < -0.3 is 10.1 Å². The largest absolute Gasteiger partial charge is 0.493 e. The number of nitrogens with one attached hydrogen (secondary N) is 1. The first-order valence-electron chi connectivity index (χ1n) is 7.05. The molecular formula is C17H20N2O2. The number of aromatic nitrogens is 1. The Kier molecular flexibility index (Phi) is 5.32. The Labute approximate surface area is 125 Å². The van der Waals surface area contributed by atoms with Gasteiger partial charge in [0.1, 0.15) is 5.75 Å². The highest BCUT2D eigenvalue weighted by molar-refractivity contribution is 5.76. The standard InChI is InChI=1S/C17H20N2O2/c1-13-6-5-7-15(12-13)21-11-9-17(20)19-14(2)16-8-3-4-10-18-16/h3-8,10,12,14H,9,11H2,1-2H3,(H,19,20). The fourth-order valence-corrected chi connectivity index (χ4v) is 1.99. The summed E-state index contributed by atoms with van der Waals surface area (Å²) < 4.78 is 5.57. The van der Waals surface area contributed by atoms with Crippen molar-refractivity contribution in [2.45, 2.75) is 26.3 Å². The van der Waals surface area contributed by atoms with Crippen molar-refractivity contribution in [2.75, 3.05) is 6.61 Å². The Morgan fingerprint density at radius 1 is 1.29 bits per heavy atom. The van der Waals surface area contributed by atoms with E-state index >= 15 is 0 Å². The summed E-state index contributed by atoms with van der Waals surface area (Å²) in [6.07, 6.45) is 2.05. The summed E-state index contributed by atoms with van der Waals surface area (Å²) in [5.41, 5.74) is 1.99. The van der Waals surface area contributed by atoms with Gasteiger partial charge >= 0.3 is 0 Å². The van der Waals surface area contributed by atoms with Gasteiger partial charge in [0.05, 0.1) is 24.8 Å². The third kappa shape index (κ3) is 4.91. The molecule has 0 aliphatic heterocycles. The van der Waals surface area contributed by atoms with Crippen molar-refractivity contribution in [1.29, 1.82) is 0 Å². The average molecular weight is 284 g/mol. The Morgan fingerprint density at radius 3 is 2.86 bits per heavy atom. The van der Waals surface area contributed by atoms with Crippen LogP contribution < -0.4 is 10.1 Å². The van der Waals surface area contributed by atoms with E-state index in [0.29, 0.717) is 13.0 Å². The monoisotopic (exact) mass is 284 g/mol. The van der Waals surface area contributed by atoms with Crippen LogP contribution in [0.5, 0.6) is 5.75 Å². The maximum absolute atomic E-state index is 11.9. The summed E-state index contributed by atoms with van der Waals surface area (Å²) in [6, 6.07) is 13.4. The van der Waals surface area contributed by atoms with Crippen LogP contribution >= 0.6 is 0 Å². The maximum Gasteiger partial charge on any atom is 0.223 e. The highest BCUT2D eigenvalue weighted by Crippen LogP contribution is 2.12. The zero-order valence-electron chi connectivity index (χ0n) is 12.4. The Bertz CT molecular complexity index is 584. The molecule has 1 N–H and O–H groups in total. The van der Waals surface area contributed by atoms with Crippen LogP contribution in [0, 0.1) is 6.92 Å². The van der Waals surface area contributed by atoms with Crippen molar-refractivity contribution in [1.82, 2.24) is 10.3 Å². The van der Waals surface area contributed by atoms with E-state index < -0.39 is 0 Å². The molecule has 0 radical (unpaired) electrons. The van der Waals surface area contributed by atoms with Crippen LogP contribution in [0.1, 0.15) is 30.6 Å². The number of pyridine rings is 1. The van der Waals surface area contributed by atoms with Crippen LogP contribution in [0.4, 0.5) is 0 Å². The second-order valence-corrected chi connectivity index (χ2v) is 4.96. The molecule has 0 aliphatic carbocycles. The van der Waals surface area contributed by atoms with E-state index in [1.165, 1.54) is 0 Å². The van der Waals surface area contributed by atoms with Gasteiger partial charge in [-0.25, -0.2) is 0 Å². The number of hydrogen-bond donors (Lipinski definition) is 1.